The van der Waals surface area contributed by atoms with Gasteiger partial charge in [0, 0.05) is 31.5 Å². The predicted molar refractivity (Wildman–Crippen MR) is 107 cm³/mol. The molecule has 0 radical (unpaired) electrons. The maximum atomic E-state index is 12.5. The lowest BCUT2D eigenvalue weighted by molar-refractivity contribution is -0.131. The number of nitrogens with one attached hydrogen (secondary N) is 2. The minimum atomic E-state index is -0.314. The Hall–Kier alpha value is -3.10. The maximum absolute atomic E-state index is 12.5. The van der Waals surface area contributed by atoms with E-state index in [1.165, 1.54) is 14.2 Å². The van der Waals surface area contributed by atoms with Crippen LogP contribution in [0.2, 0.25) is 0 Å². The molecule has 0 atom stereocenters. The summed E-state index contributed by atoms with van der Waals surface area (Å²) in [6, 6.07) is 3.22. The van der Waals surface area contributed by atoms with E-state index >= 15 is 0 Å². The molecule has 0 saturated heterocycles. The average molecular weight is 402 g/mol. The highest BCUT2D eigenvalue weighted by Crippen LogP contribution is 2.30. The Labute approximate surface area is 168 Å². The molecule has 9 nitrogen and oxygen atoms in total. The highest BCUT2D eigenvalue weighted by Gasteiger charge is 2.29. The van der Waals surface area contributed by atoms with Crippen LogP contribution in [0, 0.1) is 5.92 Å². The van der Waals surface area contributed by atoms with E-state index in [1.54, 1.807) is 17.0 Å². The van der Waals surface area contributed by atoms with Crippen LogP contribution in [0.4, 0.5) is 0 Å². The number of aromatic amines is 1. The lowest BCUT2D eigenvalue weighted by Gasteiger charge is -2.20. The van der Waals surface area contributed by atoms with Gasteiger partial charge in [-0.15, -0.1) is 0 Å². The van der Waals surface area contributed by atoms with E-state index in [2.05, 4.69) is 15.3 Å². The number of hydrogen-bond acceptors (Lipinski definition) is 6. The second-order valence-corrected chi connectivity index (χ2v) is 6.96. The van der Waals surface area contributed by atoms with Gasteiger partial charge in [-0.2, -0.15) is 0 Å². The van der Waals surface area contributed by atoms with Gasteiger partial charge >= 0.3 is 0 Å². The van der Waals surface area contributed by atoms with Crippen molar-refractivity contribution >= 4 is 22.7 Å². The number of carbonyl (C=O) groups excluding carboxylic acids is 2. The topological polar surface area (TPSA) is 114 Å². The van der Waals surface area contributed by atoms with Gasteiger partial charge in [0.15, 0.2) is 11.5 Å². The number of nitrogens with zero attached hydrogens (tertiary/aromatic N) is 2. The first-order valence-corrected chi connectivity index (χ1v) is 9.67. The zero-order valence-corrected chi connectivity index (χ0v) is 16.9. The molecule has 156 valence electrons. The second-order valence-electron chi connectivity index (χ2n) is 6.96. The van der Waals surface area contributed by atoms with Gasteiger partial charge in [-0.05, 0) is 25.8 Å². The molecule has 1 aromatic heterocycles. The molecular formula is C20H26N4O5. The molecular weight excluding hydrogens is 376 g/mol. The standard InChI is InChI=1S/C20H26N4O5/c1-4-24(18(25)7-8-21-19(26)12-5-6-12)11-17-22-14-10-16(29-3)15(28-2)9-13(14)20(27)23-17/h9-10,12H,4-8,11H2,1-3H3,(H,21,26)(H,22,23,27). The third-order valence-corrected chi connectivity index (χ3v) is 4.92. The molecule has 1 heterocycles. The van der Waals surface area contributed by atoms with Gasteiger partial charge in [-0.1, -0.05) is 0 Å². The highest BCUT2D eigenvalue weighted by atomic mass is 16.5. The summed E-state index contributed by atoms with van der Waals surface area (Å²) in [5.41, 5.74) is 0.146. The van der Waals surface area contributed by atoms with Gasteiger partial charge in [0.25, 0.3) is 5.56 Å². The monoisotopic (exact) mass is 402 g/mol. The molecule has 0 unspecified atom stereocenters. The van der Waals surface area contributed by atoms with Crippen LogP contribution in [0.25, 0.3) is 10.9 Å². The Morgan fingerprint density at radius 1 is 1.24 bits per heavy atom. The normalized spacial score (nSPS) is 13.2. The summed E-state index contributed by atoms with van der Waals surface area (Å²) in [7, 11) is 3.01. The first kappa shape index (κ1) is 20.6. The fraction of sp³-hybridized carbons (Fsp3) is 0.500. The molecule has 0 aliphatic heterocycles. The van der Waals surface area contributed by atoms with Crippen molar-refractivity contribution in [2.45, 2.75) is 32.7 Å². The lowest BCUT2D eigenvalue weighted by Crippen LogP contribution is -2.35. The van der Waals surface area contributed by atoms with Crippen LogP contribution in [0.1, 0.15) is 32.0 Å². The first-order valence-electron chi connectivity index (χ1n) is 9.67. The second kappa shape index (κ2) is 8.93. The maximum Gasteiger partial charge on any atom is 0.258 e. The van der Waals surface area contributed by atoms with E-state index < -0.39 is 0 Å². The molecule has 2 N–H and O–H groups in total. The van der Waals surface area contributed by atoms with Gasteiger partial charge in [-0.3, -0.25) is 14.4 Å². The summed E-state index contributed by atoms with van der Waals surface area (Å²) < 4.78 is 10.5. The van der Waals surface area contributed by atoms with Crippen LogP contribution in [0.3, 0.4) is 0 Å². The third kappa shape index (κ3) is 4.85. The molecule has 2 aromatic rings. The predicted octanol–water partition coefficient (Wildman–Crippen LogP) is 1.21. The third-order valence-electron chi connectivity index (χ3n) is 4.92. The van der Waals surface area contributed by atoms with Gasteiger partial charge < -0.3 is 24.7 Å². The number of carbonyl (C=O) groups is 2. The molecule has 1 aromatic carbocycles. The van der Waals surface area contributed by atoms with Gasteiger partial charge in [0.1, 0.15) is 5.82 Å². The number of amides is 2. The Balaban J connectivity index is 1.71. The minimum absolute atomic E-state index is 0.0192. The number of methoxy groups -OCH3 is 2. The Morgan fingerprint density at radius 2 is 1.93 bits per heavy atom. The zero-order valence-electron chi connectivity index (χ0n) is 16.9. The molecule has 1 fully saturated rings. The Bertz CT molecular complexity index is 967. The fourth-order valence-electron chi connectivity index (χ4n) is 3.09. The summed E-state index contributed by atoms with van der Waals surface area (Å²) in [6.45, 7) is 2.80. The molecule has 2 amide bonds. The van der Waals surface area contributed by atoms with E-state index in [0.717, 1.165) is 12.8 Å². The molecule has 3 rings (SSSR count). The minimum Gasteiger partial charge on any atom is -0.493 e. The molecule has 9 heteroatoms. The van der Waals surface area contributed by atoms with Crippen molar-refractivity contribution in [1.29, 1.82) is 0 Å². The Morgan fingerprint density at radius 3 is 2.55 bits per heavy atom. The fourth-order valence-corrected chi connectivity index (χ4v) is 3.09. The SMILES string of the molecule is CCN(Cc1nc2cc(OC)c(OC)cc2c(=O)[nH]1)C(=O)CCNC(=O)C1CC1. The van der Waals surface area contributed by atoms with Crippen molar-refractivity contribution in [3.8, 4) is 11.5 Å². The zero-order chi connectivity index (χ0) is 21.0. The molecule has 1 aliphatic carbocycles. The number of rotatable bonds is 9. The molecule has 1 aliphatic rings. The first-order chi connectivity index (χ1) is 14.0. The summed E-state index contributed by atoms with van der Waals surface area (Å²) in [5, 5.41) is 3.17. The van der Waals surface area contributed by atoms with Crippen LogP contribution in [-0.2, 0) is 16.1 Å². The van der Waals surface area contributed by atoms with E-state index in [1.807, 2.05) is 6.92 Å². The van der Waals surface area contributed by atoms with Crippen LogP contribution >= 0.6 is 0 Å². The van der Waals surface area contributed by atoms with Crippen molar-refractivity contribution < 1.29 is 19.1 Å². The average Bonchev–Trinajstić information content (AvgIpc) is 3.56. The largest absolute Gasteiger partial charge is 0.493 e. The molecule has 0 spiro atoms. The van der Waals surface area contributed by atoms with Crippen molar-refractivity contribution in [2.24, 2.45) is 5.92 Å². The van der Waals surface area contributed by atoms with E-state index in [-0.39, 0.29) is 36.3 Å². The van der Waals surface area contributed by atoms with Crippen molar-refractivity contribution in [1.82, 2.24) is 20.2 Å². The van der Waals surface area contributed by atoms with Crippen LogP contribution in [0.5, 0.6) is 11.5 Å². The van der Waals surface area contributed by atoms with E-state index in [4.69, 9.17) is 9.47 Å². The number of benzene rings is 1. The van der Waals surface area contributed by atoms with Crippen LogP contribution in [-0.4, -0.2) is 54.0 Å². The summed E-state index contributed by atoms with van der Waals surface area (Å²) in [6.07, 6.45) is 2.06. The summed E-state index contributed by atoms with van der Waals surface area (Å²) >= 11 is 0. The quantitative estimate of drug-likeness (QED) is 0.652. The summed E-state index contributed by atoms with van der Waals surface area (Å²) in [4.78, 5) is 45.4. The molecule has 1 saturated carbocycles. The van der Waals surface area contributed by atoms with Crippen LogP contribution < -0.4 is 20.3 Å². The van der Waals surface area contributed by atoms with Crippen LogP contribution in [0.15, 0.2) is 16.9 Å². The summed E-state index contributed by atoms with van der Waals surface area (Å²) in [5.74, 6) is 1.32. The van der Waals surface area contributed by atoms with Gasteiger partial charge in [0.05, 0.1) is 31.7 Å². The smallest absolute Gasteiger partial charge is 0.258 e. The molecule has 0 bridgehead atoms. The van der Waals surface area contributed by atoms with Gasteiger partial charge in [-0.25, -0.2) is 4.98 Å². The van der Waals surface area contributed by atoms with Gasteiger partial charge in [0.2, 0.25) is 11.8 Å². The highest BCUT2D eigenvalue weighted by molar-refractivity contribution is 5.83. The number of hydrogen-bond donors (Lipinski definition) is 2. The number of ether oxygens (including phenoxy) is 2. The molecule has 29 heavy (non-hydrogen) atoms. The Kier molecular flexibility index (Phi) is 6.36. The van der Waals surface area contributed by atoms with Crippen molar-refractivity contribution in [3.63, 3.8) is 0 Å². The van der Waals surface area contributed by atoms with Crippen molar-refractivity contribution in [3.05, 3.63) is 28.3 Å². The number of fused-ring (bicyclic) bond motifs is 1. The lowest BCUT2D eigenvalue weighted by atomic mass is 10.2. The number of aromatic nitrogens is 2. The van der Waals surface area contributed by atoms with Crippen molar-refractivity contribution in [2.75, 3.05) is 27.3 Å². The van der Waals surface area contributed by atoms with E-state index in [0.29, 0.717) is 41.3 Å². The number of H-pyrrole nitrogens is 1. The van der Waals surface area contributed by atoms with E-state index in [9.17, 15) is 14.4 Å².